The van der Waals surface area contributed by atoms with E-state index in [9.17, 15) is 23.2 Å². The monoisotopic (exact) mass is 443 g/mol. The van der Waals surface area contributed by atoms with Gasteiger partial charge in [0.2, 0.25) is 6.04 Å². The highest BCUT2D eigenvalue weighted by molar-refractivity contribution is 7.85. The zero-order chi connectivity index (χ0) is 22.5. The van der Waals surface area contributed by atoms with Crippen molar-refractivity contribution >= 4 is 22.2 Å². The van der Waals surface area contributed by atoms with E-state index in [1.165, 1.54) is 31.4 Å². The van der Waals surface area contributed by atoms with Crippen LogP contribution in [0, 0.1) is 5.92 Å². The first kappa shape index (κ1) is 24.2. The molecule has 3 unspecified atom stereocenters. The third-order valence-corrected chi connectivity index (χ3v) is 7.55. The summed E-state index contributed by atoms with van der Waals surface area (Å²) >= 11 is 0. The summed E-state index contributed by atoms with van der Waals surface area (Å²) in [5.74, 6) is -1.15. The molecule has 1 aliphatic rings. The number of piperazine rings is 1. The lowest BCUT2D eigenvalue weighted by Gasteiger charge is -2.44. The van der Waals surface area contributed by atoms with E-state index in [1.54, 1.807) is 13.8 Å². The second-order valence-electron chi connectivity index (χ2n) is 7.65. The molecule has 4 atom stereocenters. The average Bonchev–Trinajstić information content (AvgIpc) is 2.71. The number of hydrogen-bond donors (Lipinski definition) is 4. The largest absolute Gasteiger partial charge is 0.497 e. The van der Waals surface area contributed by atoms with Gasteiger partial charge in [-0.2, -0.15) is 13.6 Å². The SMILES string of the molecule is COc1ccc(S(=O)(=O)[N+](O)(C(CC=O)C2CNCCN2)[C@@H](C(N)=O)C(C)C)cc1. The number of nitrogens with two attached hydrogens (primary N) is 1. The molecule has 0 radical (unpaired) electrons. The number of sulfonamides is 1. The number of carbonyl (C=O) groups excluding carboxylic acids is 2. The summed E-state index contributed by atoms with van der Waals surface area (Å²) < 4.78 is 30.9. The Labute approximate surface area is 177 Å². The van der Waals surface area contributed by atoms with Crippen molar-refractivity contribution in [2.45, 2.75) is 43.3 Å². The maximum absolute atomic E-state index is 13.8. The van der Waals surface area contributed by atoms with E-state index in [-0.39, 0.29) is 11.3 Å². The third-order valence-electron chi connectivity index (χ3n) is 5.41. The standard InChI is InChI=1S/C19H30N4O6S/c1-13(2)18(19(20)25)23(26,17(8-11-24)16-12-21-9-10-22-16)30(27,28)15-6-4-14(29-3)5-7-15/h4-7,11,13,16-18,21-22,26H,8-10,12H2,1-3H3,(H-,20,25)/p+1/t16?,17?,18-,23?/m1/s1. The lowest BCUT2D eigenvalue weighted by molar-refractivity contribution is -1.04. The van der Waals surface area contributed by atoms with Crippen LogP contribution in [-0.2, 0) is 19.6 Å². The van der Waals surface area contributed by atoms with Gasteiger partial charge in [0, 0.05) is 25.6 Å². The van der Waals surface area contributed by atoms with Crippen LogP contribution in [0.25, 0.3) is 0 Å². The van der Waals surface area contributed by atoms with Gasteiger partial charge in [0.15, 0.2) is 6.04 Å². The van der Waals surface area contributed by atoms with Gasteiger partial charge in [-0.05, 0) is 24.3 Å². The maximum Gasteiger partial charge on any atom is 0.358 e. The van der Waals surface area contributed by atoms with Crippen LogP contribution in [-0.4, -0.2) is 74.7 Å². The zero-order valence-corrected chi connectivity index (χ0v) is 18.3. The van der Waals surface area contributed by atoms with Crippen molar-refractivity contribution < 1.29 is 32.0 Å². The highest BCUT2D eigenvalue weighted by Crippen LogP contribution is 2.35. The third kappa shape index (κ3) is 4.49. The maximum atomic E-state index is 13.8. The molecule has 2 rings (SSSR count). The van der Waals surface area contributed by atoms with E-state index in [0.717, 1.165) is 0 Å². The molecule has 1 aliphatic heterocycles. The summed E-state index contributed by atoms with van der Waals surface area (Å²) in [6.07, 6.45) is 0.258. The summed E-state index contributed by atoms with van der Waals surface area (Å²) in [6, 6.07) is 2.23. The van der Waals surface area contributed by atoms with Crippen LogP contribution in [0.4, 0.5) is 0 Å². The number of methoxy groups -OCH3 is 1. The topological polar surface area (TPSA) is 148 Å². The van der Waals surface area contributed by atoms with Crippen LogP contribution in [0.3, 0.4) is 0 Å². The molecule has 10 nitrogen and oxygen atoms in total. The molecular formula is C19H31N4O6S+. The number of primary amides is 1. The number of benzene rings is 1. The van der Waals surface area contributed by atoms with E-state index in [2.05, 4.69) is 10.6 Å². The summed E-state index contributed by atoms with van der Waals surface area (Å²) in [6.45, 7) is 4.70. The van der Waals surface area contributed by atoms with Crippen LogP contribution in [0.1, 0.15) is 20.3 Å². The van der Waals surface area contributed by atoms with Crippen LogP contribution in [0.5, 0.6) is 5.75 Å². The number of ether oxygens (including phenoxy) is 1. The molecule has 0 aromatic heterocycles. The summed E-state index contributed by atoms with van der Waals surface area (Å²) in [4.78, 5) is 23.7. The molecule has 5 N–H and O–H groups in total. The van der Waals surface area contributed by atoms with E-state index >= 15 is 0 Å². The van der Waals surface area contributed by atoms with Gasteiger partial charge < -0.3 is 25.9 Å². The fourth-order valence-corrected chi connectivity index (χ4v) is 6.06. The Morgan fingerprint density at radius 2 is 1.97 bits per heavy atom. The Balaban J connectivity index is 2.72. The zero-order valence-electron chi connectivity index (χ0n) is 17.4. The molecule has 0 aliphatic carbocycles. The van der Waals surface area contributed by atoms with Gasteiger partial charge in [0.25, 0.3) is 5.91 Å². The second-order valence-corrected chi connectivity index (χ2v) is 9.66. The Morgan fingerprint density at radius 1 is 1.33 bits per heavy atom. The van der Waals surface area contributed by atoms with Crippen LogP contribution < -0.4 is 21.1 Å². The van der Waals surface area contributed by atoms with E-state index in [4.69, 9.17) is 10.5 Å². The highest BCUT2D eigenvalue weighted by atomic mass is 32.2. The fourth-order valence-electron chi connectivity index (χ4n) is 4.01. The van der Waals surface area contributed by atoms with E-state index in [1.807, 2.05) is 0 Å². The normalized spacial score (nSPS) is 21.4. The predicted octanol–water partition coefficient (Wildman–Crippen LogP) is -0.381. The van der Waals surface area contributed by atoms with Gasteiger partial charge in [0.05, 0.1) is 19.6 Å². The number of carbonyl (C=O) groups is 2. The molecule has 30 heavy (non-hydrogen) atoms. The molecule has 1 fully saturated rings. The molecule has 1 aromatic rings. The van der Waals surface area contributed by atoms with Crippen molar-refractivity contribution in [2.75, 3.05) is 26.7 Å². The second kappa shape index (κ2) is 9.84. The molecular weight excluding hydrogens is 412 g/mol. The van der Waals surface area contributed by atoms with Crippen LogP contribution >= 0.6 is 0 Å². The van der Waals surface area contributed by atoms with Crippen LogP contribution in [0.15, 0.2) is 29.2 Å². The number of rotatable bonds is 10. The van der Waals surface area contributed by atoms with Crippen molar-refractivity contribution in [2.24, 2.45) is 11.7 Å². The molecule has 168 valence electrons. The summed E-state index contributed by atoms with van der Waals surface area (Å²) in [5.41, 5.74) is 5.58. The minimum Gasteiger partial charge on any atom is -0.497 e. The van der Waals surface area contributed by atoms with Crippen molar-refractivity contribution in [1.29, 1.82) is 0 Å². The quantitative estimate of drug-likeness (QED) is 0.217. The number of aldehydes is 1. The number of hydrogen-bond acceptors (Lipinski definition) is 8. The molecule has 1 amide bonds. The Morgan fingerprint density at radius 3 is 2.40 bits per heavy atom. The van der Waals surface area contributed by atoms with Crippen molar-refractivity contribution in [3.63, 3.8) is 0 Å². The van der Waals surface area contributed by atoms with E-state index < -0.39 is 44.0 Å². The lowest BCUT2D eigenvalue weighted by atomic mass is 9.97. The molecule has 0 spiro atoms. The Hall–Kier alpha value is -2.05. The number of quaternary nitrogens is 1. The first-order valence-electron chi connectivity index (χ1n) is 9.78. The molecule has 1 aromatic carbocycles. The van der Waals surface area contributed by atoms with Gasteiger partial charge in [0.1, 0.15) is 16.9 Å². The number of nitrogens with zero attached hydrogens (tertiary/aromatic N) is 1. The molecule has 0 saturated carbocycles. The summed E-state index contributed by atoms with van der Waals surface area (Å²) in [5, 5.41) is 18.1. The molecule has 0 bridgehead atoms. The van der Waals surface area contributed by atoms with Gasteiger partial charge in [-0.3, -0.25) is 4.79 Å². The summed E-state index contributed by atoms with van der Waals surface area (Å²) in [7, 11) is -3.13. The van der Waals surface area contributed by atoms with Crippen molar-refractivity contribution in [3.8, 4) is 5.75 Å². The number of hydroxylamine groups is 2. The molecule has 1 heterocycles. The number of amides is 1. The smallest absolute Gasteiger partial charge is 0.358 e. The van der Waals surface area contributed by atoms with E-state index in [0.29, 0.717) is 31.7 Å². The van der Waals surface area contributed by atoms with Gasteiger partial charge >= 0.3 is 10.0 Å². The number of nitrogens with one attached hydrogen (secondary N) is 2. The first-order chi connectivity index (χ1) is 14.1. The first-order valence-corrected chi connectivity index (χ1v) is 11.2. The van der Waals surface area contributed by atoms with Crippen molar-refractivity contribution in [1.82, 2.24) is 10.6 Å². The molecule has 1 saturated heterocycles. The fraction of sp³-hybridized carbons (Fsp3) is 0.579. The Kier molecular flexibility index (Phi) is 7.94. The predicted molar refractivity (Wildman–Crippen MR) is 109 cm³/mol. The van der Waals surface area contributed by atoms with Gasteiger partial charge in [-0.1, -0.05) is 17.9 Å². The minimum atomic E-state index is -4.58. The highest BCUT2D eigenvalue weighted by Gasteiger charge is 2.60. The minimum absolute atomic E-state index is 0.211. The Bertz CT molecular complexity index is 839. The van der Waals surface area contributed by atoms with Crippen LogP contribution in [0.2, 0.25) is 0 Å². The van der Waals surface area contributed by atoms with Gasteiger partial charge in [-0.15, -0.1) is 0 Å². The average molecular weight is 444 g/mol. The van der Waals surface area contributed by atoms with Crippen molar-refractivity contribution in [3.05, 3.63) is 24.3 Å². The van der Waals surface area contributed by atoms with Gasteiger partial charge in [-0.25, -0.2) is 0 Å². The lowest BCUT2D eigenvalue weighted by Crippen LogP contribution is -2.73. The molecule has 11 heteroatoms.